The number of benzene rings is 3. The van der Waals surface area contributed by atoms with E-state index in [0.29, 0.717) is 35.3 Å². The van der Waals surface area contributed by atoms with Crippen LogP contribution in [0.3, 0.4) is 0 Å². The number of nitrogens with zero attached hydrogens (tertiary/aromatic N) is 2. The Hall–Kier alpha value is -4.24. The van der Waals surface area contributed by atoms with Gasteiger partial charge in [-0.05, 0) is 55.3 Å². The van der Waals surface area contributed by atoms with Gasteiger partial charge in [0.2, 0.25) is 0 Å². The van der Waals surface area contributed by atoms with Crippen molar-refractivity contribution >= 4 is 43.3 Å². The van der Waals surface area contributed by atoms with Crippen LogP contribution >= 0.6 is 0 Å². The van der Waals surface area contributed by atoms with Crippen LogP contribution in [0.5, 0.6) is 0 Å². The van der Waals surface area contributed by atoms with Crippen LogP contribution < -0.4 is 10.3 Å². The summed E-state index contributed by atoms with van der Waals surface area (Å²) in [5.74, 6) is 0.436. The third kappa shape index (κ3) is 3.43. The van der Waals surface area contributed by atoms with Crippen molar-refractivity contribution in [3.63, 3.8) is 0 Å². The van der Waals surface area contributed by atoms with E-state index in [1.54, 1.807) is 16.7 Å². The molecule has 0 saturated heterocycles. The molecule has 2 N–H and O–H groups in total. The van der Waals surface area contributed by atoms with Crippen LogP contribution in [0.25, 0.3) is 33.3 Å². The van der Waals surface area contributed by atoms with Crippen LogP contribution in [0.1, 0.15) is 22.8 Å². The lowest BCUT2D eigenvalue weighted by atomic mass is 10.0. The number of anilines is 1. The fourth-order valence-electron chi connectivity index (χ4n) is 4.64. The average Bonchev–Trinajstić information content (AvgIpc) is 3.24. The molecule has 0 bridgehead atoms. The molecule has 0 saturated carbocycles. The van der Waals surface area contributed by atoms with Crippen LogP contribution in [0.15, 0.2) is 76.4 Å². The number of fused-ring (bicyclic) bond motifs is 6. The van der Waals surface area contributed by atoms with Gasteiger partial charge in [-0.3, -0.25) is 18.9 Å². The lowest BCUT2D eigenvalue weighted by molar-refractivity contribution is 0.101. The van der Waals surface area contributed by atoms with E-state index in [0.717, 1.165) is 22.2 Å². The number of aryl methyl sites for hydroxylation is 1. The molecular weight excluding hydrogens is 464 g/mol. The molecule has 3 aromatic carbocycles. The number of nitrogens with one attached hydrogen (secondary N) is 2. The van der Waals surface area contributed by atoms with Gasteiger partial charge in [-0.25, -0.2) is 13.4 Å². The number of ketones is 1. The second-order valence-electron chi connectivity index (χ2n) is 8.58. The predicted octanol–water partition coefficient (Wildman–Crippen LogP) is 4.10. The molecule has 5 aromatic rings. The second-order valence-corrected chi connectivity index (χ2v) is 10.3. The molecule has 174 valence electrons. The summed E-state index contributed by atoms with van der Waals surface area (Å²) in [7, 11) is -3.90. The summed E-state index contributed by atoms with van der Waals surface area (Å²) in [4.78, 5) is 33.0. The van der Waals surface area contributed by atoms with E-state index in [-0.39, 0.29) is 21.9 Å². The van der Waals surface area contributed by atoms with Crippen molar-refractivity contribution in [2.45, 2.75) is 24.8 Å². The molecular formula is C26H20N4O4S. The SMILES string of the molecule is CC(=O)c1ccc(S(=O)(=O)Nc2ccc3nc4n(c(=O)c3c2)CCc2c-4[nH]c3ccccc23)cc1. The summed E-state index contributed by atoms with van der Waals surface area (Å²) >= 11 is 0. The maximum absolute atomic E-state index is 13.4. The summed E-state index contributed by atoms with van der Waals surface area (Å²) in [6.45, 7) is 1.91. The molecule has 1 aliphatic heterocycles. The quantitative estimate of drug-likeness (QED) is 0.373. The lowest BCUT2D eigenvalue weighted by Crippen LogP contribution is -2.27. The lowest BCUT2D eigenvalue weighted by Gasteiger charge is -2.19. The van der Waals surface area contributed by atoms with E-state index < -0.39 is 10.0 Å². The Bertz CT molecular complexity index is 1830. The van der Waals surface area contributed by atoms with Crippen molar-refractivity contribution in [3.05, 3.63) is 88.2 Å². The van der Waals surface area contributed by atoms with Gasteiger partial charge < -0.3 is 4.98 Å². The molecule has 0 aliphatic carbocycles. The van der Waals surface area contributed by atoms with Gasteiger partial charge in [0.25, 0.3) is 15.6 Å². The maximum Gasteiger partial charge on any atom is 0.261 e. The minimum atomic E-state index is -3.90. The van der Waals surface area contributed by atoms with Crippen molar-refractivity contribution in [2.75, 3.05) is 4.72 Å². The number of para-hydroxylation sites is 1. The van der Waals surface area contributed by atoms with Crippen molar-refractivity contribution in [1.29, 1.82) is 0 Å². The van der Waals surface area contributed by atoms with Crippen molar-refractivity contribution in [1.82, 2.24) is 14.5 Å². The van der Waals surface area contributed by atoms with Crippen molar-refractivity contribution in [2.24, 2.45) is 0 Å². The number of hydrogen-bond acceptors (Lipinski definition) is 5. The molecule has 0 amide bonds. The maximum atomic E-state index is 13.4. The summed E-state index contributed by atoms with van der Waals surface area (Å²) in [5.41, 5.74) is 3.94. The zero-order valence-corrected chi connectivity index (χ0v) is 19.5. The van der Waals surface area contributed by atoms with Crippen molar-refractivity contribution < 1.29 is 13.2 Å². The Morgan fingerprint density at radius 2 is 1.80 bits per heavy atom. The normalized spacial score (nSPS) is 12.9. The highest BCUT2D eigenvalue weighted by molar-refractivity contribution is 7.92. The van der Waals surface area contributed by atoms with Crippen LogP contribution in [0.4, 0.5) is 5.69 Å². The van der Waals surface area contributed by atoms with Gasteiger partial charge in [-0.2, -0.15) is 0 Å². The molecule has 8 nitrogen and oxygen atoms in total. The van der Waals surface area contributed by atoms with Gasteiger partial charge in [-0.15, -0.1) is 0 Å². The van der Waals surface area contributed by atoms with E-state index in [2.05, 4.69) is 15.8 Å². The first kappa shape index (κ1) is 21.3. The molecule has 0 unspecified atom stereocenters. The number of aromatic amines is 1. The van der Waals surface area contributed by atoms with E-state index >= 15 is 0 Å². The van der Waals surface area contributed by atoms with Gasteiger partial charge in [-0.1, -0.05) is 30.3 Å². The van der Waals surface area contributed by atoms with Gasteiger partial charge in [0.05, 0.1) is 21.5 Å². The Balaban J connectivity index is 1.40. The average molecular weight is 485 g/mol. The predicted molar refractivity (Wildman–Crippen MR) is 134 cm³/mol. The number of carbonyl (C=O) groups is 1. The van der Waals surface area contributed by atoms with Crippen LogP contribution in [0.2, 0.25) is 0 Å². The first-order valence-corrected chi connectivity index (χ1v) is 12.6. The number of Topliss-reactive ketones (excluding diaryl/α,β-unsaturated/α-hetero) is 1. The van der Waals surface area contributed by atoms with Crippen molar-refractivity contribution in [3.8, 4) is 11.5 Å². The fraction of sp³-hybridized carbons (Fsp3) is 0.115. The Labute approximate surface area is 200 Å². The zero-order chi connectivity index (χ0) is 24.3. The molecule has 0 fully saturated rings. The smallest absolute Gasteiger partial charge is 0.261 e. The second kappa shape index (κ2) is 7.64. The van der Waals surface area contributed by atoms with Gasteiger partial charge in [0.1, 0.15) is 0 Å². The van der Waals surface area contributed by atoms with Crippen LogP contribution in [-0.4, -0.2) is 28.7 Å². The molecule has 35 heavy (non-hydrogen) atoms. The number of H-pyrrole nitrogens is 1. The Morgan fingerprint density at radius 3 is 2.57 bits per heavy atom. The molecule has 0 atom stereocenters. The zero-order valence-electron chi connectivity index (χ0n) is 18.7. The summed E-state index contributed by atoms with van der Waals surface area (Å²) in [6, 6.07) is 18.5. The largest absolute Gasteiger partial charge is 0.352 e. The monoisotopic (exact) mass is 484 g/mol. The number of sulfonamides is 1. The topological polar surface area (TPSA) is 114 Å². The number of carbonyl (C=O) groups excluding carboxylic acids is 1. The van der Waals surface area contributed by atoms with E-state index in [9.17, 15) is 18.0 Å². The van der Waals surface area contributed by atoms with Crippen LogP contribution in [-0.2, 0) is 23.0 Å². The highest BCUT2D eigenvalue weighted by Crippen LogP contribution is 2.33. The van der Waals surface area contributed by atoms with E-state index in [1.807, 2.05) is 18.2 Å². The summed E-state index contributed by atoms with van der Waals surface area (Å²) in [6.07, 6.45) is 0.696. The first-order chi connectivity index (χ1) is 16.8. The molecule has 1 aliphatic rings. The highest BCUT2D eigenvalue weighted by atomic mass is 32.2. The minimum Gasteiger partial charge on any atom is -0.352 e. The fourth-order valence-corrected chi connectivity index (χ4v) is 5.69. The third-order valence-electron chi connectivity index (χ3n) is 6.40. The molecule has 3 heterocycles. The Morgan fingerprint density at radius 1 is 1.03 bits per heavy atom. The van der Waals surface area contributed by atoms with Gasteiger partial charge in [0.15, 0.2) is 11.6 Å². The summed E-state index contributed by atoms with van der Waals surface area (Å²) < 4.78 is 29.9. The minimum absolute atomic E-state index is 0.0224. The van der Waals surface area contributed by atoms with Gasteiger partial charge >= 0.3 is 0 Å². The van der Waals surface area contributed by atoms with Gasteiger partial charge in [0, 0.05) is 28.7 Å². The number of aromatic nitrogens is 3. The van der Waals surface area contributed by atoms with E-state index in [1.165, 1.54) is 37.3 Å². The molecule has 0 radical (unpaired) electrons. The molecule has 6 rings (SSSR count). The Kier molecular flexibility index (Phi) is 4.65. The third-order valence-corrected chi connectivity index (χ3v) is 7.80. The summed E-state index contributed by atoms with van der Waals surface area (Å²) in [5, 5.41) is 1.46. The number of rotatable bonds is 4. The highest BCUT2D eigenvalue weighted by Gasteiger charge is 2.24. The van der Waals surface area contributed by atoms with E-state index in [4.69, 9.17) is 4.98 Å². The molecule has 0 spiro atoms. The number of hydrogen-bond donors (Lipinski definition) is 2. The first-order valence-electron chi connectivity index (χ1n) is 11.1. The standard InChI is InChI=1S/C26H20N4O4S/c1-15(31)16-6-9-18(10-7-16)35(33,34)29-17-8-11-23-21(14-17)26(32)30-13-12-20-19-4-2-3-5-22(19)27-24(20)25(30)28-23/h2-11,14,27,29H,12-13H2,1H3. The van der Waals surface area contributed by atoms with Crippen LogP contribution in [0, 0.1) is 0 Å². The molecule has 9 heteroatoms. The molecule has 2 aromatic heterocycles.